The number of oxazole rings is 1. The van der Waals surface area contributed by atoms with E-state index >= 15 is 0 Å². The molecular weight excluding hydrogens is 324 g/mol. The maximum absolute atomic E-state index is 9.21. The van der Waals surface area contributed by atoms with Crippen LogP contribution in [0.25, 0.3) is 11.1 Å². The van der Waals surface area contributed by atoms with Gasteiger partial charge >= 0.3 is 0 Å². The summed E-state index contributed by atoms with van der Waals surface area (Å²) in [7, 11) is 0. The van der Waals surface area contributed by atoms with E-state index in [9.17, 15) is 5.11 Å². The molecule has 1 aromatic heterocycles. The number of halogens is 1. The van der Waals surface area contributed by atoms with Crippen LogP contribution >= 0.6 is 15.9 Å². The van der Waals surface area contributed by atoms with Gasteiger partial charge in [-0.1, -0.05) is 15.9 Å². The molecule has 6 heteroatoms. The van der Waals surface area contributed by atoms with Crippen molar-refractivity contribution >= 4 is 27.0 Å². The average molecular weight is 341 g/mol. The maximum Gasteiger partial charge on any atom is 0.209 e. The molecule has 5 nitrogen and oxygen atoms in total. The summed E-state index contributed by atoms with van der Waals surface area (Å²) in [5.41, 5.74) is 1.65. The number of rotatable bonds is 3. The number of aliphatic hydroxyl groups excluding tert-OH is 1. The molecule has 1 N–H and O–H groups in total. The number of aliphatic hydroxyl groups is 1. The zero-order valence-corrected chi connectivity index (χ0v) is 12.8. The average Bonchev–Trinajstić information content (AvgIpc) is 2.82. The van der Waals surface area contributed by atoms with Gasteiger partial charge in [-0.3, -0.25) is 4.90 Å². The van der Waals surface area contributed by atoms with Crippen LogP contribution in [0.4, 0.5) is 0 Å². The van der Waals surface area contributed by atoms with Crippen molar-refractivity contribution in [1.82, 2.24) is 9.88 Å². The first-order valence-corrected chi connectivity index (χ1v) is 7.46. The Hall–Kier alpha value is -0.950. The Labute approximate surface area is 125 Å². The van der Waals surface area contributed by atoms with E-state index in [4.69, 9.17) is 9.15 Å². The highest BCUT2D eigenvalue weighted by atomic mass is 79.9. The lowest BCUT2D eigenvalue weighted by atomic mass is 10.2. The van der Waals surface area contributed by atoms with Crippen molar-refractivity contribution in [1.29, 1.82) is 0 Å². The minimum Gasteiger partial charge on any atom is -0.439 e. The Morgan fingerprint density at radius 3 is 3.15 bits per heavy atom. The molecule has 2 unspecified atom stereocenters. The van der Waals surface area contributed by atoms with E-state index in [1.54, 1.807) is 0 Å². The quantitative estimate of drug-likeness (QED) is 0.927. The number of hydrogen-bond donors (Lipinski definition) is 1. The molecule has 1 aliphatic heterocycles. The first kappa shape index (κ1) is 14.0. The van der Waals surface area contributed by atoms with Gasteiger partial charge in [-0.15, -0.1) is 0 Å². The molecule has 1 aliphatic rings. The highest BCUT2D eigenvalue weighted by Crippen LogP contribution is 2.22. The molecule has 0 aliphatic carbocycles. The number of benzene rings is 1. The Kier molecular flexibility index (Phi) is 4.07. The maximum atomic E-state index is 9.21. The van der Waals surface area contributed by atoms with Crippen LogP contribution in [-0.2, 0) is 11.3 Å². The van der Waals surface area contributed by atoms with Gasteiger partial charge in [-0.05, 0) is 25.1 Å². The second-order valence-electron chi connectivity index (χ2n) is 5.14. The van der Waals surface area contributed by atoms with E-state index in [0.717, 1.165) is 15.6 Å². The third-order valence-corrected chi connectivity index (χ3v) is 4.06. The van der Waals surface area contributed by atoms with Gasteiger partial charge in [0.25, 0.3) is 0 Å². The second-order valence-corrected chi connectivity index (χ2v) is 6.05. The summed E-state index contributed by atoms with van der Waals surface area (Å²) in [6, 6.07) is 6.10. The largest absolute Gasteiger partial charge is 0.439 e. The van der Waals surface area contributed by atoms with Gasteiger partial charge in [0.05, 0.1) is 25.9 Å². The molecule has 3 rings (SSSR count). The number of ether oxygens (including phenoxy) is 1. The zero-order valence-electron chi connectivity index (χ0n) is 11.3. The molecule has 0 saturated carbocycles. The van der Waals surface area contributed by atoms with E-state index in [2.05, 4.69) is 32.7 Å². The predicted octanol–water partition coefficient (Wildman–Crippen LogP) is 2.17. The predicted molar refractivity (Wildman–Crippen MR) is 78.4 cm³/mol. The Morgan fingerprint density at radius 2 is 2.35 bits per heavy atom. The van der Waals surface area contributed by atoms with Gasteiger partial charge in [-0.2, -0.15) is 0 Å². The number of morpholine rings is 1. The molecule has 0 amide bonds. The van der Waals surface area contributed by atoms with Crippen molar-refractivity contribution in [2.75, 3.05) is 19.8 Å². The summed E-state index contributed by atoms with van der Waals surface area (Å²) < 4.78 is 12.3. The standard InChI is InChI=1S/C14H17BrN2O3/c1-9-8-19-11(7-18)5-17(9)6-14-16-12-3-2-10(15)4-13(12)20-14/h2-4,9,11,18H,5-8H2,1H3. The van der Waals surface area contributed by atoms with Crippen LogP contribution < -0.4 is 0 Å². The van der Waals surface area contributed by atoms with Crippen LogP contribution in [0.5, 0.6) is 0 Å². The van der Waals surface area contributed by atoms with Crippen LogP contribution in [0.1, 0.15) is 12.8 Å². The zero-order chi connectivity index (χ0) is 14.1. The fraction of sp³-hybridized carbons (Fsp3) is 0.500. The molecule has 2 atom stereocenters. The van der Waals surface area contributed by atoms with Gasteiger partial charge in [-0.25, -0.2) is 4.98 Å². The molecule has 1 saturated heterocycles. The summed E-state index contributed by atoms with van der Waals surface area (Å²) in [6.45, 7) is 4.10. The van der Waals surface area contributed by atoms with Crippen LogP contribution in [0, 0.1) is 0 Å². The lowest BCUT2D eigenvalue weighted by molar-refractivity contribution is -0.0823. The molecular formula is C14H17BrN2O3. The SMILES string of the molecule is CC1COC(CO)CN1Cc1nc2ccc(Br)cc2o1. The minimum absolute atomic E-state index is 0.0454. The van der Waals surface area contributed by atoms with Gasteiger partial charge in [0.2, 0.25) is 5.89 Å². The van der Waals surface area contributed by atoms with Crippen molar-refractivity contribution in [3.63, 3.8) is 0 Å². The Morgan fingerprint density at radius 1 is 1.50 bits per heavy atom. The highest BCUT2D eigenvalue weighted by Gasteiger charge is 2.26. The first-order valence-electron chi connectivity index (χ1n) is 6.67. The molecule has 0 bridgehead atoms. The van der Waals surface area contributed by atoms with Gasteiger partial charge in [0.15, 0.2) is 5.58 Å². The molecule has 2 heterocycles. The number of hydrogen-bond acceptors (Lipinski definition) is 5. The normalized spacial score (nSPS) is 24.4. The first-order chi connectivity index (χ1) is 9.65. The monoisotopic (exact) mass is 340 g/mol. The third-order valence-electron chi connectivity index (χ3n) is 3.57. The lowest BCUT2D eigenvalue weighted by Crippen LogP contribution is -2.48. The van der Waals surface area contributed by atoms with Crippen molar-refractivity contribution in [2.24, 2.45) is 0 Å². The summed E-state index contributed by atoms with van der Waals surface area (Å²) in [4.78, 5) is 6.73. The molecule has 0 radical (unpaired) electrons. The molecule has 2 aromatic rings. The fourth-order valence-corrected chi connectivity index (χ4v) is 2.73. The summed E-state index contributed by atoms with van der Waals surface area (Å²) in [6.07, 6.45) is -0.121. The molecule has 1 fully saturated rings. The van der Waals surface area contributed by atoms with Crippen LogP contribution in [0.3, 0.4) is 0 Å². The smallest absolute Gasteiger partial charge is 0.209 e. The van der Waals surface area contributed by atoms with E-state index in [-0.39, 0.29) is 12.7 Å². The van der Waals surface area contributed by atoms with Gasteiger partial charge in [0, 0.05) is 17.1 Å². The Balaban J connectivity index is 1.77. The van der Waals surface area contributed by atoms with Crippen molar-refractivity contribution in [2.45, 2.75) is 25.6 Å². The third kappa shape index (κ3) is 2.88. The van der Waals surface area contributed by atoms with Crippen molar-refractivity contribution < 1.29 is 14.3 Å². The molecule has 1 aromatic carbocycles. The summed E-state index contributed by atoms with van der Waals surface area (Å²) >= 11 is 3.42. The lowest BCUT2D eigenvalue weighted by Gasteiger charge is -2.36. The van der Waals surface area contributed by atoms with E-state index in [1.807, 2.05) is 18.2 Å². The second kappa shape index (κ2) is 5.81. The molecule has 0 spiro atoms. The van der Waals surface area contributed by atoms with Gasteiger partial charge < -0.3 is 14.3 Å². The number of aromatic nitrogens is 1. The van der Waals surface area contributed by atoms with E-state index < -0.39 is 0 Å². The number of nitrogens with zero attached hydrogens (tertiary/aromatic N) is 2. The topological polar surface area (TPSA) is 58.7 Å². The fourth-order valence-electron chi connectivity index (χ4n) is 2.39. The summed E-state index contributed by atoms with van der Waals surface area (Å²) in [5, 5.41) is 9.21. The van der Waals surface area contributed by atoms with Crippen molar-refractivity contribution in [3.05, 3.63) is 28.6 Å². The number of fused-ring (bicyclic) bond motifs is 1. The van der Waals surface area contributed by atoms with Crippen LogP contribution in [0.15, 0.2) is 27.1 Å². The van der Waals surface area contributed by atoms with E-state index in [1.165, 1.54) is 0 Å². The van der Waals surface area contributed by atoms with Gasteiger partial charge in [0.1, 0.15) is 5.52 Å². The van der Waals surface area contributed by atoms with Crippen LogP contribution in [-0.4, -0.2) is 46.9 Å². The van der Waals surface area contributed by atoms with Crippen molar-refractivity contribution in [3.8, 4) is 0 Å². The van der Waals surface area contributed by atoms with E-state index in [0.29, 0.717) is 31.6 Å². The summed E-state index contributed by atoms with van der Waals surface area (Å²) in [5.74, 6) is 0.698. The Bertz CT molecular complexity index is 601. The molecule has 20 heavy (non-hydrogen) atoms. The minimum atomic E-state index is -0.121. The highest BCUT2D eigenvalue weighted by molar-refractivity contribution is 9.10. The molecule has 108 valence electrons. The van der Waals surface area contributed by atoms with Crippen LogP contribution in [0.2, 0.25) is 0 Å².